The molecule has 1 amide bonds. The molecule has 1 fully saturated rings. The molecule has 0 spiro atoms. The van der Waals surface area contributed by atoms with Crippen molar-refractivity contribution in [1.82, 2.24) is 5.06 Å². The smallest absolute Gasteiger partial charge is 0.434 e. The van der Waals surface area contributed by atoms with Gasteiger partial charge in [-0.25, -0.2) is 4.79 Å². The van der Waals surface area contributed by atoms with Crippen LogP contribution in [-0.4, -0.2) is 40.3 Å². The first-order valence-corrected chi connectivity index (χ1v) is 7.88. The first-order valence-electron chi connectivity index (χ1n) is 6.96. The van der Waals surface area contributed by atoms with Crippen LogP contribution in [0.5, 0.6) is 0 Å². The van der Waals surface area contributed by atoms with Crippen LogP contribution >= 0.6 is 15.9 Å². The molecule has 0 aromatic heterocycles. The Labute approximate surface area is 132 Å². The monoisotopic (exact) mass is 357 g/mol. The Bertz CT molecular complexity index is 468. The largest absolute Gasteiger partial charge is 0.446 e. The molecule has 2 rings (SSSR count). The van der Waals surface area contributed by atoms with Crippen LogP contribution in [0.3, 0.4) is 0 Å². The van der Waals surface area contributed by atoms with Crippen LogP contribution in [0.25, 0.3) is 0 Å². The lowest BCUT2D eigenvalue weighted by Gasteiger charge is -2.25. The molecule has 0 aliphatic carbocycles. The van der Waals surface area contributed by atoms with Gasteiger partial charge < -0.3 is 9.84 Å². The number of alkyl halides is 1. The molecule has 0 saturated carbocycles. The first kappa shape index (κ1) is 16.3. The quantitative estimate of drug-likeness (QED) is 0.795. The number of hydrogen-bond acceptors (Lipinski definition) is 4. The Morgan fingerprint density at radius 1 is 1.43 bits per heavy atom. The van der Waals surface area contributed by atoms with Crippen LogP contribution in [0.15, 0.2) is 30.3 Å². The normalized spacial score (nSPS) is 21.5. The molecule has 0 radical (unpaired) electrons. The zero-order valence-corrected chi connectivity index (χ0v) is 13.7. The highest BCUT2D eigenvalue weighted by atomic mass is 79.9. The van der Waals surface area contributed by atoms with E-state index in [0.29, 0.717) is 6.61 Å². The minimum Gasteiger partial charge on any atom is -0.446 e. The number of halogens is 1. The van der Waals surface area contributed by atoms with Gasteiger partial charge >= 0.3 is 6.09 Å². The summed E-state index contributed by atoms with van der Waals surface area (Å²) in [5.41, 5.74) is 0.799. The number of nitrogens with zero attached hydrogens (tertiary/aromatic N) is 1. The number of carbonyl (C=O) groups is 1. The lowest BCUT2D eigenvalue weighted by molar-refractivity contribution is -0.142. The van der Waals surface area contributed by atoms with Gasteiger partial charge in [0.25, 0.3) is 0 Å². The minimum atomic E-state index is -0.706. The molecular formula is C15H20BrNO4. The van der Waals surface area contributed by atoms with E-state index in [1.807, 2.05) is 44.2 Å². The van der Waals surface area contributed by atoms with Gasteiger partial charge in [0.15, 0.2) is 0 Å². The number of aliphatic hydroxyl groups excluding tert-OH is 1. The van der Waals surface area contributed by atoms with Crippen molar-refractivity contribution in [1.29, 1.82) is 0 Å². The van der Waals surface area contributed by atoms with Gasteiger partial charge in [0.05, 0.1) is 23.6 Å². The molecule has 0 bridgehead atoms. The van der Waals surface area contributed by atoms with E-state index in [1.165, 1.54) is 5.06 Å². The highest BCUT2D eigenvalue weighted by Crippen LogP contribution is 2.25. The van der Waals surface area contributed by atoms with Gasteiger partial charge in [0, 0.05) is 0 Å². The van der Waals surface area contributed by atoms with Crippen LogP contribution in [0, 0.1) is 5.92 Å². The van der Waals surface area contributed by atoms with Crippen molar-refractivity contribution < 1.29 is 19.5 Å². The maximum atomic E-state index is 11.6. The average molecular weight is 358 g/mol. The number of ether oxygens (including phenoxy) is 1. The van der Waals surface area contributed by atoms with Crippen molar-refractivity contribution in [3.63, 3.8) is 0 Å². The third-order valence-corrected chi connectivity index (χ3v) is 4.25. The van der Waals surface area contributed by atoms with Gasteiger partial charge in [-0.2, -0.15) is 5.06 Å². The van der Waals surface area contributed by atoms with Gasteiger partial charge in [0.2, 0.25) is 0 Å². The number of rotatable bonds is 6. The van der Waals surface area contributed by atoms with Crippen molar-refractivity contribution in [2.45, 2.75) is 30.8 Å². The third kappa shape index (κ3) is 3.96. The van der Waals surface area contributed by atoms with Crippen LogP contribution in [0.1, 0.15) is 25.5 Å². The summed E-state index contributed by atoms with van der Waals surface area (Å²) < 4.78 is 5.00. The number of carbonyl (C=O) groups excluding carboxylic acids is 1. The van der Waals surface area contributed by atoms with E-state index in [2.05, 4.69) is 15.9 Å². The predicted molar refractivity (Wildman–Crippen MR) is 81.9 cm³/mol. The lowest BCUT2D eigenvalue weighted by atomic mass is 10.1. The molecule has 1 N–H and O–H groups in total. The maximum absolute atomic E-state index is 11.6. The Kier molecular flexibility index (Phi) is 5.61. The van der Waals surface area contributed by atoms with Crippen molar-refractivity contribution in [3.8, 4) is 0 Å². The Balaban J connectivity index is 1.91. The summed E-state index contributed by atoms with van der Waals surface area (Å²) in [5.74, 6) is 0.240. The molecular weight excluding hydrogens is 338 g/mol. The summed E-state index contributed by atoms with van der Waals surface area (Å²) in [4.78, 5) is 16.9. The van der Waals surface area contributed by atoms with E-state index in [1.54, 1.807) is 0 Å². The van der Waals surface area contributed by atoms with Crippen LogP contribution in [-0.2, 0) is 9.57 Å². The third-order valence-electron chi connectivity index (χ3n) is 3.48. The van der Waals surface area contributed by atoms with Crippen LogP contribution in [0.4, 0.5) is 4.79 Å². The molecule has 5 nitrogen and oxygen atoms in total. The number of benzene rings is 1. The van der Waals surface area contributed by atoms with E-state index in [0.717, 1.165) is 5.56 Å². The first-order chi connectivity index (χ1) is 10.0. The van der Waals surface area contributed by atoms with Crippen molar-refractivity contribution in [3.05, 3.63) is 35.9 Å². The SMILES string of the molecule is CC(C)[C@H]1COC(=O)N1OC[C@@H](Br)[C@@H](O)c1ccccc1. The zero-order chi connectivity index (χ0) is 15.4. The molecule has 1 aliphatic rings. The van der Waals surface area contributed by atoms with Gasteiger partial charge in [-0.15, -0.1) is 0 Å². The fourth-order valence-corrected chi connectivity index (χ4v) is 2.56. The van der Waals surface area contributed by atoms with Crippen molar-refractivity contribution >= 4 is 22.0 Å². The molecule has 21 heavy (non-hydrogen) atoms. The number of aliphatic hydroxyl groups is 1. The molecule has 1 aliphatic heterocycles. The minimum absolute atomic E-state index is 0.0916. The number of hydrogen-bond donors (Lipinski definition) is 1. The van der Waals surface area contributed by atoms with Crippen LogP contribution < -0.4 is 0 Å². The summed E-state index contributed by atoms with van der Waals surface area (Å²) in [5, 5.41) is 11.5. The van der Waals surface area contributed by atoms with Crippen molar-refractivity contribution in [2.75, 3.05) is 13.2 Å². The average Bonchev–Trinajstić information content (AvgIpc) is 2.86. The van der Waals surface area contributed by atoms with Gasteiger partial charge in [0.1, 0.15) is 6.61 Å². The summed E-state index contributed by atoms with van der Waals surface area (Å²) in [6, 6.07) is 9.23. The summed E-state index contributed by atoms with van der Waals surface area (Å²) >= 11 is 3.41. The van der Waals surface area contributed by atoms with E-state index >= 15 is 0 Å². The van der Waals surface area contributed by atoms with Gasteiger partial charge in [-0.1, -0.05) is 60.1 Å². The fourth-order valence-electron chi connectivity index (χ4n) is 2.14. The Hall–Kier alpha value is -1.11. The highest BCUT2D eigenvalue weighted by Gasteiger charge is 2.37. The molecule has 3 atom stereocenters. The van der Waals surface area contributed by atoms with E-state index in [4.69, 9.17) is 9.57 Å². The van der Waals surface area contributed by atoms with E-state index < -0.39 is 12.2 Å². The second-order valence-corrected chi connectivity index (χ2v) is 6.56. The number of amides is 1. The van der Waals surface area contributed by atoms with Gasteiger partial charge in [-0.3, -0.25) is 4.84 Å². The second kappa shape index (κ2) is 7.24. The highest BCUT2D eigenvalue weighted by molar-refractivity contribution is 9.09. The Morgan fingerprint density at radius 2 is 2.10 bits per heavy atom. The molecule has 0 unspecified atom stereocenters. The molecule has 1 aromatic rings. The summed E-state index contributed by atoms with van der Waals surface area (Å²) in [7, 11) is 0. The molecule has 1 aromatic carbocycles. The topological polar surface area (TPSA) is 59.0 Å². The maximum Gasteiger partial charge on any atom is 0.434 e. The van der Waals surface area contributed by atoms with Crippen LogP contribution in [0.2, 0.25) is 0 Å². The summed E-state index contributed by atoms with van der Waals surface area (Å²) in [6.07, 6.45) is -1.18. The Morgan fingerprint density at radius 3 is 2.71 bits per heavy atom. The fraction of sp³-hybridized carbons (Fsp3) is 0.533. The standard InChI is InChI=1S/C15H20BrNO4/c1-10(2)13-9-20-15(19)17(13)21-8-12(16)14(18)11-6-4-3-5-7-11/h3-7,10,12-14,18H,8-9H2,1-2H3/t12-,13-,14+/m1/s1. The zero-order valence-electron chi connectivity index (χ0n) is 12.1. The number of hydroxylamine groups is 2. The van der Waals surface area contributed by atoms with Gasteiger partial charge in [-0.05, 0) is 11.5 Å². The van der Waals surface area contributed by atoms with Crippen molar-refractivity contribution in [2.24, 2.45) is 5.92 Å². The molecule has 116 valence electrons. The molecule has 1 heterocycles. The predicted octanol–water partition coefficient (Wildman–Crippen LogP) is 2.89. The number of cyclic esters (lactones) is 1. The van der Waals surface area contributed by atoms with E-state index in [-0.39, 0.29) is 23.4 Å². The summed E-state index contributed by atoms with van der Waals surface area (Å²) in [6.45, 7) is 4.53. The molecule has 1 saturated heterocycles. The second-order valence-electron chi connectivity index (χ2n) is 5.38. The molecule has 6 heteroatoms. The van der Waals surface area contributed by atoms with E-state index in [9.17, 15) is 9.90 Å². The lowest BCUT2D eigenvalue weighted by Crippen LogP contribution is -2.39.